The highest BCUT2D eigenvalue weighted by molar-refractivity contribution is 6.34. The van der Waals surface area contributed by atoms with Crippen LogP contribution in [0.15, 0.2) is 23.3 Å². The molecule has 0 atom stereocenters. The third-order valence-electron chi connectivity index (χ3n) is 1.83. The second-order valence-electron chi connectivity index (χ2n) is 2.84. The molecule has 1 aromatic rings. The molecule has 0 saturated heterocycles. The van der Waals surface area contributed by atoms with E-state index in [0.29, 0.717) is 16.3 Å². The topological polar surface area (TPSA) is 67.5 Å². The van der Waals surface area contributed by atoms with Crippen LogP contribution < -0.4 is 5.43 Å². The van der Waals surface area contributed by atoms with Crippen LogP contribution in [0.2, 0.25) is 5.02 Å². The first-order valence-electron chi connectivity index (χ1n) is 4.21. The molecule has 0 aromatic heterocycles. The van der Waals surface area contributed by atoms with Gasteiger partial charge in [0.25, 0.3) is 5.69 Å². The molecule has 0 aliphatic carbocycles. The quantitative estimate of drug-likeness (QED) is 0.489. The van der Waals surface area contributed by atoms with Gasteiger partial charge in [-0.2, -0.15) is 5.10 Å². The summed E-state index contributed by atoms with van der Waals surface area (Å²) in [7, 11) is 1.65. The molecule has 0 aliphatic rings. The lowest BCUT2D eigenvalue weighted by Crippen LogP contribution is -2.04. The zero-order valence-electron chi connectivity index (χ0n) is 8.32. The average Bonchev–Trinajstić information content (AvgIpc) is 2.18. The summed E-state index contributed by atoms with van der Waals surface area (Å²) in [6.45, 7) is 1.72. The van der Waals surface area contributed by atoms with E-state index >= 15 is 0 Å². The SMILES string of the molecule is CN/N=C(/C)c1cc([N+](=O)[O-])ccc1Cl. The Hall–Kier alpha value is -1.62. The Bertz CT molecular complexity index is 418. The maximum atomic E-state index is 10.6. The Morgan fingerprint density at radius 3 is 2.80 bits per heavy atom. The van der Waals surface area contributed by atoms with Gasteiger partial charge in [0.05, 0.1) is 15.7 Å². The van der Waals surface area contributed by atoms with Crippen LogP contribution in [0, 0.1) is 10.1 Å². The van der Waals surface area contributed by atoms with E-state index < -0.39 is 4.92 Å². The van der Waals surface area contributed by atoms with E-state index in [0.717, 1.165) is 0 Å². The number of nitro benzene ring substituents is 1. The van der Waals surface area contributed by atoms with Crippen LogP contribution in [0.4, 0.5) is 5.69 Å². The normalized spacial score (nSPS) is 11.3. The fourth-order valence-corrected chi connectivity index (χ4v) is 1.39. The zero-order valence-corrected chi connectivity index (χ0v) is 9.08. The van der Waals surface area contributed by atoms with Crippen molar-refractivity contribution >= 4 is 23.0 Å². The first-order chi connectivity index (χ1) is 7.06. The zero-order chi connectivity index (χ0) is 11.4. The summed E-state index contributed by atoms with van der Waals surface area (Å²) in [6, 6.07) is 4.25. The van der Waals surface area contributed by atoms with Gasteiger partial charge in [0.15, 0.2) is 0 Å². The summed E-state index contributed by atoms with van der Waals surface area (Å²) in [6.07, 6.45) is 0. The molecule has 0 fully saturated rings. The molecule has 0 spiro atoms. The van der Waals surface area contributed by atoms with Gasteiger partial charge in [-0.05, 0) is 13.0 Å². The van der Waals surface area contributed by atoms with Crippen molar-refractivity contribution in [2.45, 2.75) is 6.92 Å². The van der Waals surface area contributed by atoms with Gasteiger partial charge in [-0.3, -0.25) is 10.1 Å². The van der Waals surface area contributed by atoms with Gasteiger partial charge in [-0.1, -0.05) is 11.6 Å². The highest BCUT2D eigenvalue weighted by Gasteiger charge is 2.11. The number of hydrogen-bond acceptors (Lipinski definition) is 4. The number of non-ortho nitro benzene ring substituents is 1. The van der Waals surface area contributed by atoms with Gasteiger partial charge in [0, 0.05) is 24.7 Å². The lowest BCUT2D eigenvalue weighted by atomic mass is 10.1. The Morgan fingerprint density at radius 2 is 2.27 bits per heavy atom. The summed E-state index contributed by atoms with van der Waals surface area (Å²) < 4.78 is 0. The van der Waals surface area contributed by atoms with E-state index in [2.05, 4.69) is 10.5 Å². The predicted molar refractivity (Wildman–Crippen MR) is 59.4 cm³/mol. The molecule has 80 valence electrons. The third-order valence-corrected chi connectivity index (χ3v) is 2.16. The highest BCUT2D eigenvalue weighted by Crippen LogP contribution is 2.22. The molecular weight excluding hydrogens is 218 g/mol. The number of hydrazone groups is 1. The smallest absolute Gasteiger partial charge is 0.270 e. The standard InChI is InChI=1S/C9H10ClN3O2/c1-6(12-11-2)8-5-7(13(14)15)3-4-9(8)10/h3-5,11H,1-2H3/b12-6-. The van der Waals surface area contributed by atoms with Crippen LogP contribution in [-0.4, -0.2) is 17.7 Å². The van der Waals surface area contributed by atoms with Crippen LogP contribution in [0.1, 0.15) is 12.5 Å². The maximum absolute atomic E-state index is 10.6. The molecule has 0 radical (unpaired) electrons. The molecule has 0 amide bonds. The lowest BCUT2D eigenvalue weighted by molar-refractivity contribution is -0.384. The molecule has 5 nitrogen and oxygen atoms in total. The van der Waals surface area contributed by atoms with E-state index in [9.17, 15) is 10.1 Å². The van der Waals surface area contributed by atoms with Crippen molar-refractivity contribution in [3.63, 3.8) is 0 Å². The number of nitrogens with zero attached hydrogens (tertiary/aromatic N) is 2. The van der Waals surface area contributed by atoms with Crippen LogP contribution in [0.5, 0.6) is 0 Å². The van der Waals surface area contributed by atoms with E-state index in [-0.39, 0.29) is 5.69 Å². The van der Waals surface area contributed by atoms with Crippen molar-refractivity contribution in [3.05, 3.63) is 38.9 Å². The third kappa shape index (κ3) is 2.66. The van der Waals surface area contributed by atoms with Gasteiger partial charge in [0.1, 0.15) is 0 Å². The van der Waals surface area contributed by atoms with Crippen LogP contribution in [0.3, 0.4) is 0 Å². The molecule has 0 unspecified atom stereocenters. The highest BCUT2D eigenvalue weighted by atomic mass is 35.5. The molecule has 1 aromatic carbocycles. The number of hydrogen-bond donors (Lipinski definition) is 1. The van der Waals surface area contributed by atoms with Crippen LogP contribution in [0.25, 0.3) is 0 Å². The first-order valence-corrected chi connectivity index (χ1v) is 4.59. The molecule has 0 bridgehead atoms. The Balaban J connectivity index is 3.22. The predicted octanol–water partition coefficient (Wildman–Crippen LogP) is 2.19. The second-order valence-corrected chi connectivity index (χ2v) is 3.25. The molecule has 0 saturated carbocycles. The molecule has 6 heteroatoms. The first kappa shape index (κ1) is 11.5. The van der Waals surface area contributed by atoms with Gasteiger partial charge < -0.3 is 5.43 Å². The van der Waals surface area contributed by atoms with E-state index in [1.807, 2.05) is 0 Å². The molecule has 0 heterocycles. The number of rotatable bonds is 3. The van der Waals surface area contributed by atoms with Crippen LogP contribution in [-0.2, 0) is 0 Å². The van der Waals surface area contributed by atoms with Crippen molar-refractivity contribution in [1.82, 2.24) is 5.43 Å². The summed E-state index contributed by atoms with van der Waals surface area (Å²) >= 11 is 5.90. The Labute approximate surface area is 91.9 Å². The molecule has 1 rings (SSSR count). The van der Waals surface area contributed by atoms with Crippen LogP contribution >= 0.6 is 11.6 Å². The minimum absolute atomic E-state index is 0.0000491. The van der Waals surface area contributed by atoms with Crippen molar-refractivity contribution in [1.29, 1.82) is 0 Å². The molecular formula is C9H10ClN3O2. The summed E-state index contributed by atoms with van der Waals surface area (Å²) in [5.74, 6) is 0. The number of halogens is 1. The lowest BCUT2D eigenvalue weighted by Gasteiger charge is -2.03. The Kier molecular flexibility index (Phi) is 3.62. The van der Waals surface area contributed by atoms with Crippen molar-refractivity contribution in [2.75, 3.05) is 7.05 Å². The fourth-order valence-electron chi connectivity index (χ4n) is 1.13. The van der Waals surface area contributed by atoms with Crippen molar-refractivity contribution in [2.24, 2.45) is 5.10 Å². The van der Waals surface area contributed by atoms with E-state index in [1.165, 1.54) is 18.2 Å². The summed E-state index contributed by atoms with van der Waals surface area (Å²) in [5, 5.41) is 14.9. The van der Waals surface area contributed by atoms with Gasteiger partial charge in [0.2, 0.25) is 0 Å². The van der Waals surface area contributed by atoms with Gasteiger partial charge in [-0.25, -0.2) is 0 Å². The minimum Gasteiger partial charge on any atom is -0.313 e. The fraction of sp³-hybridized carbons (Fsp3) is 0.222. The number of benzene rings is 1. The molecule has 1 N–H and O–H groups in total. The Morgan fingerprint density at radius 1 is 1.60 bits per heavy atom. The van der Waals surface area contributed by atoms with Gasteiger partial charge in [-0.15, -0.1) is 0 Å². The molecule has 0 aliphatic heterocycles. The monoisotopic (exact) mass is 227 g/mol. The second kappa shape index (κ2) is 4.75. The van der Waals surface area contributed by atoms with E-state index in [1.54, 1.807) is 14.0 Å². The molecule has 15 heavy (non-hydrogen) atoms. The van der Waals surface area contributed by atoms with Crippen molar-refractivity contribution < 1.29 is 4.92 Å². The number of nitro groups is 1. The van der Waals surface area contributed by atoms with E-state index in [4.69, 9.17) is 11.6 Å². The van der Waals surface area contributed by atoms with Gasteiger partial charge >= 0.3 is 0 Å². The largest absolute Gasteiger partial charge is 0.313 e. The van der Waals surface area contributed by atoms with Crippen molar-refractivity contribution in [3.8, 4) is 0 Å². The number of nitrogens with one attached hydrogen (secondary N) is 1. The summed E-state index contributed by atoms with van der Waals surface area (Å²) in [5.41, 5.74) is 3.76. The maximum Gasteiger partial charge on any atom is 0.270 e. The minimum atomic E-state index is -0.466. The summed E-state index contributed by atoms with van der Waals surface area (Å²) in [4.78, 5) is 10.1. The average molecular weight is 228 g/mol.